The van der Waals surface area contributed by atoms with Crippen molar-refractivity contribution >= 4 is 28.6 Å². The average molecular weight is 426 g/mol. The highest BCUT2D eigenvalue weighted by atomic mass is 32.2. The first-order valence-electron chi connectivity index (χ1n) is 10.5. The molecule has 0 saturated carbocycles. The van der Waals surface area contributed by atoms with E-state index in [1.807, 2.05) is 47.4 Å². The van der Waals surface area contributed by atoms with Crippen LogP contribution in [0.2, 0.25) is 0 Å². The molecule has 2 heterocycles. The summed E-state index contributed by atoms with van der Waals surface area (Å²) in [5, 5.41) is 1.86. The molecular weight excluding hydrogens is 402 g/mol. The number of fused-ring (bicyclic) bond motifs is 2. The third kappa shape index (κ3) is 4.19. The normalized spacial score (nSPS) is 13.3. The van der Waals surface area contributed by atoms with E-state index in [0.29, 0.717) is 18.1 Å². The van der Waals surface area contributed by atoms with Crippen LogP contribution in [0.4, 0.5) is 0 Å². The van der Waals surface area contributed by atoms with Crippen LogP contribution in [0.5, 0.6) is 0 Å². The van der Waals surface area contributed by atoms with Gasteiger partial charge in [-0.15, -0.1) is 0 Å². The lowest BCUT2D eigenvalue weighted by Crippen LogP contribution is -2.37. The summed E-state index contributed by atoms with van der Waals surface area (Å²) in [6.07, 6.45) is 0.917. The molecule has 4 nitrogen and oxygen atoms in total. The van der Waals surface area contributed by atoms with E-state index in [2.05, 4.69) is 37.3 Å². The van der Waals surface area contributed by atoms with E-state index in [0.717, 1.165) is 40.0 Å². The number of amides is 1. The molecule has 0 spiro atoms. The molecule has 1 aromatic heterocycles. The van der Waals surface area contributed by atoms with Crippen molar-refractivity contribution in [1.29, 1.82) is 0 Å². The molecule has 0 radical (unpaired) electrons. The molecule has 154 valence electrons. The fraction of sp³-hybridized carbons (Fsp3) is 0.192. The van der Waals surface area contributed by atoms with Crippen LogP contribution in [0.25, 0.3) is 22.3 Å². The Morgan fingerprint density at radius 2 is 1.74 bits per heavy atom. The Hall–Kier alpha value is -3.18. The number of hydrogen-bond donors (Lipinski definition) is 0. The Balaban J connectivity index is 1.40. The van der Waals surface area contributed by atoms with Gasteiger partial charge < -0.3 is 4.90 Å². The summed E-state index contributed by atoms with van der Waals surface area (Å²) in [6.45, 7) is 3.53. The third-order valence-electron chi connectivity index (χ3n) is 5.66. The molecule has 1 aliphatic rings. The van der Waals surface area contributed by atoms with Crippen LogP contribution in [0, 0.1) is 6.92 Å². The summed E-state index contributed by atoms with van der Waals surface area (Å²) < 4.78 is 0. The predicted octanol–water partition coefficient (Wildman–Crippen LogP) is 5.28. The molecule has 0 aliphatic carbocycles. The molecular formula is C26H23N3OS. The van der Waals surface area contributed by atoms with Gasteiger partial charge in [-0.3, -0.25) is 4.79 Å². The van der Waals surface area contributed by atoms with Crippen LogP contribution in [-0.2, 0) is 17.8 Å². The zero-order valence-electron chi connectivity index (χ0n) is 17.4. The Kier molecular flexibility index (Phi) is 5.43. The highest BCUT2D eigenvalue weighted by Crippen LogP contribution is 2.30. The molecule has 0 unspecified atom stereocenters. The first-order chi connectivity index (χ1) is 15.2. The second-order valence-corrected chi connectivity index (χ2v) is 8.83. The van der Waals surface area contributed by atoms with Crippen molar-refractivity contribution in [2.75, 3.05) is 12.3 Å². The number of thioether (sulfide) groups is 1. The van der Waals surface area contributed by atoms with Crippen molar-refractivity contribution in [2.45, 2.75) is 24.9 Å². The first-order valence-corrected chi connectivity index (χ1v) is 11.5. The zero-order valence-corrected chi connectivity index (χ0v) is 18.2. The van der Waals surface area contributed by atoms with Crippen molar-refractivity contribution in [3.8, 4) is 11.4 Å². The fourth-order valence-electron chi connectivity index (χ4n) is 3.97. The van der Waals surface area contributed by atoms with E-state index in [9.17, 15) is 4.79 Å². The molecule has 5 rings (SSSR count). The van der Waals surface area contributed by atoms with Gasteiger partial charge in [-0.05, 0) is 36.6 Å². The molecule has 0 fully saturated rings. The minimum Gasteiger partial charge on any atom is -0.337 e. The summed E-state index contributed by atoms with van der Waals surface area (Å²) in [5.74, 6) is 1.22. The maximum atomic E-state index is 13.0. The Morgan fingerprint density at radius 1 is 0.968 bits per heavy atom. The molecule has 0 bridgehead atoms. The number of carbonyl (C=O) groups excluding carboxylic acids is 1. The van der Waals surface area contributed by atoms with Crippen LogP contribution >= 0.6 is 11.8 Å². The second-order valence-electron chi connectivity index (χ2n) is 7.86. The van der Waals surface area contributed by atoms with E-state index in [1.54, 1.807) is 0 Å². The van der Waals surface area contributed by atoms with Crippen LogP contribution in [-0.4, -0.2) is 33.1 Å². The van der Waals surface area contributed by atoms with Crippen molar-refractivity contribution in [2.24, 2.45) is 0 Å². The van der Waals surface area contributed by atoms with E-state index in [1.165, 1.54) is 22.9 Å². The minimum absolute atomic E-state index is 0.153. The lowest BCUT2D eigenvalue weighted by Gasteiger charge is -2.28. The maximum absolute atomic E-state index is 13.0. The number of carbonyl (C=O) groups is 1. The van der Waals surface area contributed by atoms with Gasteiger partial charge >= 0.3 is 0 Å². The maximum Gasteiger partial charge on any atom is 0.233 e. The molecule has 0 atom stereocenters. The second kappa shape index (κ2) is 8.52. The number of rotatable bonds is 4. The lowest BCUT2D eigenvalue weighted by atomic mass is 10.00. The number of hydrogen-bond acceptors (Lipinski definition) is 4. The summed E-state index contributed by atoms with van der Waals surface area (Å²) in [4.78, 5) is 24.6. The molecule has 1 amide bonds. The van der Waals surface area contributed by atoms with Crippen molar-refractivity contribution < 1.29 is 4.79 Å². The Morgan fingerprint density at radius 3 is 2.58 bits per heavy atom. The number of aromatic nitrogens is 2. The molecule has 31 heavy (non-hydrogen) atoms. The van der Waals surface area contributed by atoms with Crippen molar-refractivity contribution in [3.63, 3.8) is 0 Å². The van der Waals surface area contributed by atoms with Gasteiger partial charge in [0.1, 0.15) is 5.03 Å². The van der Waals surface area contributed by atoms with E-state index in [4.69, 9.17) is 9.97 Å². The standard InChI is InChI=1S/C26H23N3OS/c1-18-11-12-23-22(15-18)26(28-25(27-23)20-8-3-2-4-9-20)31-17-24(30)29-14-13-19-7-5-6-10-21(19)16-29/h2-12,15H,13-14,16-17H2,1H3. The number of nitrogens with zero attached hydrogens (tertiary/aromatic N) is 3. The number of aryl methyl sites for hydroxylation is 1. The van der Waals surface area contributed by atoms with Crippen LogP contribution in [0.15, 0.2) is 77.8 Å². The molecule has 0 saturated heterocycles. The summed E-state index contributed by atoms with van der Waals surface area (Å²) in [6, 6.07) is 24.6. The van der Waals surface area contributed by atoms with Crippen molar-refractivity contribution in [3.05, 3.63) is 89.5 Å². The molecule has 1 aliphatic heterocycles. The van der Waals surface area contributed by atoms with E-state index >= 15 is 0 Å². The fourth-order valence-corrected chi connectivity index (χ4v) is 4.88. The van der Waals surface area contributed by atoms with Crippen LogP contribution in [0.3, 0.4) is 0 Å². The monoisotopic (exact) mass is 425 g/mol. The van der Waals surface area contributed by atoms with E-state index < -0.39 is 0 Å². The van der Waals surface area contributed by atoms with Gasteiger partial charge in [0.2, 0.25) is 5.91 Å². The smallest absolute Gasteiger partial charge is 0.233 e. The quantitative estimate of drug-likeness (QED) is 0.330. The largest absolute Gasteiger partial charge is 0.337 e. The molecule has 0 N–H and O–H groups in total. The van der Waals surface area contributed by atoms with Crippen LogP contribution < -0.4 is 0 Å². The molecule has 4 aromatic rings. The van der Waals surface area contributed by atoms with Gasteiger partial charge in [-0.25, -0.2) is 9.97 Å². The van der Waals surface area contributed by atoms with E-state index in [-0.39, 0.29) is 5.91 Å². The topological polar surface area (TPSA) is 46.1 Å². The number of benzene rings is 3. The van der Waals surface area contributed by atoms with Gasteiger partial charge in [0.05, 0.1) is 11.3 Å². The molecule has 3 aromatic carbocycles. The predicted molar refractivity (Wildman–Crippen MR) is 126 cm³/mol. The highest BCUT2D eigenvalue weighted by Gasteiger charge is 2.21. The van der Waals surface area contributed by atoms with Gasteiger partial charge in [0.25, 0.3) is 0 Å². The Bertz CT molecular complexity index is 1260. The average Bonchev–Trinajstić information content (AvgIpc) is 2.82. The van der Waals surface area contributed by atoms with Crippen LogP contribution in [0.1, 0.15) is 16.7 Å². The summed E-state index contributed by atoms with van der Waals surface area (Å²) in [7, 11) is 0. The van der Waals surface area contributed by atoms with Gasteiger partial charge in [-0.1, -0.05) is 78.0 Å². The lowest BCUT2D eigenvalue weighted by molar-refractivity contribution is -0.129. The first kappa shape index (κ1) is 19.8. The third-order valence-corrected chi connectivity index (χ3v) is 6.64. The van der Waals surface area contributed by atoms with Gasteiger partial charge in [0.15, 0.2) is 5.82 Å². The van der Waals surface area contributed by atoms with Gasteiger partial charge in [0, 0.05) is 24.0 Å². The summed E-state index contributed by atoms with van der Waals surface area (Å²) in [5.41, 5.74) is 5.64. The Labute approximate surface area is 186 Å². The highest BCUT2D eigenvalue weighted by molar-refractivity contribution is 8.00. The SMILES string of the molecule is Cc1ccc2nc(-c3ccccc3)nc(SCC(=O)N3CCc4ccccc4C3)c2c1. The van der Waals surface area contributed by atoms with Gasteiger partial charge in [-0.2, -0.15) is 0 Å². The molecule has 5 heteroatoms. The summed E-state index contributed by atoms with van der Waals surface area (Å²) >= 11 is 1.51. The minimum atomic E-state index is 0.153. The van der Waals surface area contributed by atoms with Crippen molar-refractivity contribution in [1.82, 2.24) is 14.9 Å². The zero-order chi connectivity index (χ0) is 21.2.